The molecule has 92 valence electrons. The number of rotatable bonds is 2. The lowest BCUT2D eigenvalue weighted by molar-refractivity contribution is 0.102. The van der Waals surface area contributed by atoms with Crippen LogP contribution in [-0.2, 0) is 0 Å². The van der Waals surface area contributed by atoms with Gasteiger partial charge in [0.2, 0.25) is 0 Å². The highest BCUT2D eigenvalue weighted by Gasteiger charge is 2.13. The van der Waals surface area contributed by atoms with Gasteiger partial charge in [0.1, 0.15) is 5.82 Å². The summed E-state index contributed by atoms with van der Waals surface area (Å²) in [6, 6.07) is 6.27. The molecule has 0 unspecified atom stereocenters. The zero-order valence-electron chi connectivity index (χ0n) is 9.58. The minimum Gasteiger partial charge on any atom is -0.319 e. The van der Waals surface area contributed by atoms with Gasteiger partial charge in [-0.15, -0.1) is 0 Å². The van der Waals surface area contributed by atoms with Crippen molar-refractivity contribution in [3.05, 3.63) is 58.6 Å². The lowest BCUT2D eigenvalue weighted by atomic mass is 10.2. The highest BCUT2D eigenvalue weighted by molar-refractivity contribution is 6.34. The molecule has 2 rings (SSSR count). The molecule has 0 saturated heterocycles. The molecular formula is C13H10ClFN2O. The molecule has 0 fully saturated rings. The van der Waals surface area contributed by atoms with E-state index in [0.29, 0.717) is 5.56 Å². The van der Waals surface area contributed by atoms with E-state index in [9.17, 15) is 9.18 Å². The summed E-state index contributed by atoms with van der Waals surface area (Å²) in [7, 11) is 0. The predicted molar refractivity (Wildman–Crippen MR) is 68.3 cm³/mol. The molecule has 0 radical (unpaired) electrons. The molecule has 3 nitrogen and oxygen atoms in total. The maximum absolute atomic E-state index is 13.7. The van der Waals surface area contributed by atoms with Gasteiger partial charge in [-0.1, -0.05) is 23.7 Å². The average Bonchev–Trinajstić information content (AvgIpc) is 2.35. The number of amides is 1. The second-order valence-corrected chi connectivity index (χ2v) is 4.15. The normalized spacial score (nSPS) is 10.2. The van der Waals surface area contributed by atoms with Crippen molar-refractivity contribution < 1.29 is 9.18 Å². The number of benzene rings is 1. The number of halogens is 2. The maximum Gasteiger partial charge on any atom is 0.257 e. The number of hydrogen-bond donors (Lipinski definition) is 1. The molecule has 1 aromatic heterocycles. The van der Waals surface area contributed by atoms with E-state index in [1.807, 2.05) is 0 Å². The summed E-state index contributed by atoms with van der Waals surface area (Å²) in [5.74, 6) is -0.914. The van der Waals surface area contributed by atoms with Gasteiger partial charge < -0.3 is 5.32 Å². The number of aromatic nitrogens is 1. The number of hydrogen-bond acceptors (Lipinski definition) is 2. The molecule has 2 aromatic rings. The van der Waals surface area contributed by atoms with Crippen LogP contribution in [0, 0.1) is 12.7 Å². The van der Waals surface area contributed by atoms with Crippen molar-refractivity contribution in [3.8, 4) is 0 Å². The second-order valence-electron chi connectivity index (χ2n) is 3.75. The summed E-state index contributed by atoms with van der Waals surface area (Å²) in [4.78, 5) is 15.7. The number of pyridine rings is 1. The third-order valence-electron chi connectivity index (χ3n) is 2.46. The van der Waals surface area contributed by atoms with Crippen LogP contribution < -0.4 is 5.32 Å². The van der Waals surface area contributed by atoms with Crippen molar-refractivity contribution in [2.24, 2.45) is 0 Å². The first-order valence-corrected chi connectivity index (χ1v) is 5.63. The predicted octanol–water partition coefficient (Wildman–Crippen LogP) is 3.43. The van der Waals surface area contributed by atoms with E-state index in [-0.39, 0.29) is 16.3 Å². The molecule has 0 spiro atoms. The van der Waals surface area contributed by atoms with Gasteiger partial charge in [0.05, 0.1) is 16.3 Å². The summed E-state index contributed by atoms with van der Waals surface area (Å²) >= 11 is 5.84. The Hall–Kier alpha value is -1.94. The topological polar surface area (TPSA) is 42.0 Å². The van der Waals surface area contributed by atoms with Crippen LogP contribution in [0.15, 0.2) is 36.7 Å². The Morgan fingerprint density at radius 1 is 1.39 bits per heavy atom. The van der Waals surface area contributed by atoms with E-state index in [2.05, 4.69) is 10.3 Å². The monoisotopic (exact) mass is 264 g/mol. The molecule has 18 heavy (non-hydrogen) atoms. The minimum atomic E-state index is -0.466. The highest BCUT2D eigenvalue weighted by atomic mass is 35.5. The van der Waals surface area contributed by atoms with Crippen molar-refractivity contribution in [1.29, 1.82) is 0 Å². The molecule has 0 saturated carbocycles. The fraction of sp³-hybridized carbons (Fsp3) is 0.0769. The first-order valence-electron chi connectivity index (χ1n) is 5.25. The fourth-order valence-electron chi connectivity index (χ4n) is 1.49. The molecular weight excluding hydrogens is 255 g/mol. The van der Waals surface area contributed by atoms with Crippen LogP contribution in [0.25, 0.3) is 0 Å². The van der Waals surface area contributed by atoms with Gasteiger partial charge in [-0.2, -0.15) is 0 Å². The average molecular weight is 265 g/mol. The first-order chi connectivity index (χ1) is 8.59. The Balaban J connectivity index is 2.27. The lowest BCUT2D eigenvalue weighted by Gasteiger charge is -2.08. The Morgan fingerprint density at radius 2 is 2.17 bits per heavy atom. The lowest BCUT2D eigenvalue weighted by Crippen LogP contribution is -2.14. The molecule has 0 aliphatic carbocycles. The minimum absolute atomic E-state index is 0.132. The van der Waals surface area contributed by atoms with Gasteiger partial charge in [-0.3, -0.25) is 9.78 Å². The standard InChI is InChI=1S/C13H10ClFN2O/c1-8-3-2-4-11(12(8)15)17-13(18)9-5-6-16-7-10(9)14/h2-7H,1H3,(H,17,18). The van der Waals surface area contributed by atoms with Crippen molar-refractivity contribution in [2.45, 2.75) is 6.92 Å². The van der Waals surface area contributed by atoms with Gasteiger partial charge in [0, 0.05) is 12.4 Å². The smallest absolute Gasteiger partial charge is 0.257 e. The number of nitrogens with zero attached hydrogens (tertiary/aromatic N) is 1. The number of carbonyl (C=O) groups is 1. The van der Waals surface area contributed by atoms with Crippen LogP contribution in [0.5, 0.6) is 0 Å². The number of anilines is 1. The molecule has 0 aliphatic rings. The van der Waals surface area contributed by atoms with Gasteiger partial charge in [-0.05, 0) is 24.6 Å². The molecule has 5 heteroatoms. The Labute approximate surface area is 109 Å². The van der Waals surface area contributed by atoms with E-state index >= 15 is 0 Å². The van der Waals surface area contributed by atoms with E-state index in [1.54, 1.807) is 19.1 Å². The van der Waals surface area contributed by atoms with Crippen molar-refractivity contribution in [2.75, 3.05) is 5.32 Å². The Morgan fingerprint density at radius 3 is 2.89 bits per heavy atom. The number of carbonyl (C=O) groups excluding carboxylic acids is 1. The summed E-state index contributed by atoms with van der Waals surface area (Å²) in [6.45, 7) is 1.63. The van der Waals surface area contributed by atoms with E-state index in [0.717, 1.165) is 0 Å². The third-order valence-corrected chi connectivity index (χ3v) is 2.76. The molecule has 1 N–H and O–H groups in total. The van der Waals surface area contributed by atoms with Crippen LogP contribution in [0.4, 0.5) is 10.1 Å². The molecule has 0 aliphatic heterocycles. The second kappa shape index (κ2) is 5.14. The van der Waals surface area contributed by atoms with Crippen LogP contribution in [0.3, 0.4) is 0 Å². The highest BCUT2D eigenvalue weighted by Crippen LogP contribution is 2.20. The maximum atomic E-state index is 13.7. The van der Waals surface area contributed by atoms with Gasteiger partial charge >= 0.3 is 0 Å². The first kappa shape index (κ1) is 12.5. The summed E-state index contributed by atoms with van der Waals surface area (Å²) in [5.41, 5.74) is 0.856. The zero-order valence-corrected chi connectivity index (χ0v) is 10.3. The quantitative estimate of drug-likeness (QED) is 0.903. The SMILES string of the molecule is Cc1cccc(NC(=O)c2ccncc2Cl)c1F. The molecule has 0 atom stereocenters. The summed E-state index contributed by atoms with van der Waals surface area (Å²) < 4.78 is 13.7. The Bertz CT molecular complexity index is 601. The van der Waals surface area contributed by atoms with E-state index in [4.69, 9.17) is 11.6 Å². The van der Waals surface area contributed by atoms with E-state index in [1.165, 1.54) is 24.5 Å². The van der Waals surface area contributed by atoms with Crippen LogP contribution in [-0.4, -0.2) is 10.9 Å². The largest absolute Gasteiger partial charge is 0.319 e. The molecule has 1 heterocycles. The molecule has 1 aromatic carbocycles. The van der Waals surface area contributed by atoms with Crippen molar-refractivity contribution in [3.63, 3.8) is 0 Å². The number of nitrogens with one attached hydrogen (secondary N) is 1. The van der Waals surface area contributed by atoms with Gasteiger partial charge in [0.25, 0.3) is 5.91 Å². The number of aryl methyl sites for hydroxylation is 1. The van der Waals surface area contributed by atoms with Gasteiger partial charge in [-0.25, -0.2) is 4.39 Å². The Kier molecular flexibility index (Phi) is 3.58. The van der Waals surface area contributed by atoms with Crippen molar-refractivity contribution in [1.82, 2.24) is 4.98 Å². The fourth-order valence-corrected chi connectivity index (χ4v) is 1.70. The van der Waals surface area contributed by atoms with E-state index < -0.39 is 11.7 Å². The zero-order chi connectivity index (χ0) is 13.1. The van der Waals surface area contributed by atoms with Crippen molar-refractivity contribution >= 4 is 23.2 Å². The molecule has 1 amide bonds. The van der Waals surface area contributed by atoms with Crippen LogP contribution in [0.2, 0.25) is 5.02 Å². The third kappa shape index (κ3) is 2.49. The van der Waals surface area contributed by atoms with Gasteiger partial charge in [0.15, 0.2) is 0 Å². The van der Waals surface area contributed by atoms with Crippen LogP contribution >= 0.6 is 11.6 Å². The summed E-state index contributed by atoms with van der Waals surface area (Å²) in [5, 5.41) is 2.71. The molecule has 0 bridgehead atoms. The van der Waals surface area contributed by atoms with Crippen LogP contribution in [0.1, 0.15) is 15.9 Å². The summed E-state index contributed by atoms with van der Waals surface area (Å²) in [6.07, 6.45) is 2.82.